The largest absolute Gasteiger partial charge is 0.394 e. The average molecular weight is 313 g/mol. The van der Waals surface area contributed by atoms with Gasteiger partial charge in [-0.25, -0.2) is 0 Å². The minimum Gasteiger partial charge on any atom is -0.394 e. The molecule has 1 aliphatic heterocycles. The fraction of sp³-hybridized carbons (Fsp3) is 0.235. The van der Waals surface area contributed by atoms with Crippen LogP contribution in [0.5, 0.6) is 0 Å². The summed E-state index contributed by atoms with van der Waals surface area (Å²) >= 11 is 0. The van der Waals surface area contributed by atoms with Crippen molar-refractivity contribution in [3.8, 4) is 0 Å². The van der Waals surface area contributed by atoms with Gasteiger partial charge in [0.25, 0.3) is 0 Å². The summed E-state index contributed by atoms with van der Waals surface area (Å²) in [6, 6.07) is 17.6. The molecular formula is C17H19N3O3. The zero-order valence-corrected chi connectivity index (χ0v) is 12.6. The SMILES string of the molecule is OC[C@@H](O)CNc1ccc(C2=NOCN2c2ccccc2)cc1. The molecule has 0 saturated carbocycles. The van der Waals surface area contributed by atoms with E-state index in [0.29, 0.717) is 13.3 Å². The molecule has 0 fully saturated rings. The number of hydrogen-bond donors (Lipinski definition) is 3. The first kappa shape index (κ1) is 15.3. The number of nitrogens with zero attached hydrogens (tertiary/aromatic N) is 2. The predicted octanol–water partition coefficient (Wildman–Crippen LogP) is 1.61. The molecule has 0 unspecified atom stereocenters. The summed E-state index contributed by atoms with van der Waals surface area (Å²) in [6.07, 6.45) is -0.768. The highest BCUT2D eigenvalue weighted by molar-refractivity contribution is 6.10. The van der Waals surface area contributed by atoms with Gasteiger partial charge in [-0.05, 0) is 36.4 Å². The maximum Gasteiger partial charge on any atom is 0.195 e. The molecule has 1 heterocycles. The van der Waals surface area contributed by atoms with E-state index in [2.05, 4.69) is 10.5 Å². The zero-order chi connectivity index (χ0) is 16.1. The van der Waals surface area contributed by atoms with Gasteiger partial charge < -0.3 is 20.4 Å². The summed E-state index contributed by atoms with van der Waals surface area (Å²) in [5, 5.41) is 25.4. The highest BCUT2D eigenvalue weighted by Crippen LogP contribution is 2.22. The number of amidine groups is 1. The number of rotatable bonds is 6. The summed E-state index contributed by atoms with van der Waals surface area (Å²) in [5.74, 6) is 0.762. The summed E-state index contributed by atoms with van der Waals surface area (Å²) in [7, 11) is 0. The lowest BCUT2D eigenvalue weighted by Gasteiger charge is -2.18. The van der Waals surface area contributed by atoms with Crippen LogP contribution in [-0.2, 0) is 4.84 Å². The molecule has 0 saturated heterocycles. The van der Waals surface area contributed by atoms with Crippen LogP contribution in [0.3, 0.4) is 0 Å². The Morgan fingerprint density at radius 3 is 2.57 bits per heavy atom. The monoisotopic (exact) mass is 313 g/mol. The van der Waals surface area contributed by atoms with Gasteiger partial charge in [-0.1, -0.05) is 23.4 Å². The van der Waals surface area contributed by atoms with Crippen LogP contribution in [0.4, 0.5) is 11.4 Å². The van der Waals surface area contributed by atoms with E-state index in [1.54, 1.807) is 0 Å². The Labute approximate surface area is 134 Å². The number of para-hydroxylation sites is 1. The Morgan fingerprint density at radius 2 is 1.87 bits per heavy atom. The van der Waals surface area contributed by atoms with E-state index in [4.69, 9.17) is 9.94 Å². The van der Waals surface area contributed by atoms with Crippen molar-refractivity contribution in [3.05, 3.63) is 60.2 Å². The number of hydrogen-bond acceptors (Lipinski definition) is 6. The lowest BCUT2D eigenvalue weighted by molar-refractivity contribution is 0.105. The van der Waals surface area contributed by atoms with E-state index in [1.165, 1.54) is 0 Å². The van der Waals surface area contributed by atoms with Crippen molar-refractivity contribution in [2.75, 3.05) is 30.1 Å². The zero-order valence-electron chi connectivity index (χ0n) is 12.6. The van der Waals surface area contributed by atoms with Crippen LogP contribution < -0.4 is 10.2 Å². The van der Waals surface area contributed by atoms with Crippen LogP contribution in [0.1, 0.15) is 5.56 Å². The van der Waals surface area contributed by atoms with Crippen LogP contribution >= 0.6 is 0 Å². The minimum absolute atomic E-state index is 0.259. The molecule has 0 bridgehead atoms. The van der Waals surface area contributed by atoms with Crippen LogP contribution in [-0.4, -0.2) is 42.0 Å². The lowest BCUT2D eigenvalue weighted by Crippen LogP contribution is -2.27. The number of anilines is 2. The molecule has 23 heavy (non-hydrogen) atoms. The number of benzene rings is 2. The third-order valence-electron chi connectivity index (χ3n) is 3.56. The lowest BCUT2D eigenvalue weighted by atomic mass is 10.1. The van der Waals surface area contributed by atoms with Gasteiger partial charge >= 0.3 is 0 Å². The molecule has 0 aromatic heterocycles. The number of aliphatic hydroxyl groups is 2. The van der Waals surface area contributed by atoms with Crippen molar-refractivity contribution in [1.29, 1.82) is 0 Å². The molecule has 2 aromatic rings. The Hall–Kier alpha value is -2.57. The fourth-order valence-corrected chi connectivity index (χ4v) is 2.31. The van der Waals surface area contributed by atoms with E-state index < -0.39 is 6.10 Å². The Bertz CT molecular complexity index is 659. The van der Waals surface area contributed by atoms with Crippen molar-refractivity contribution in [3.63, 3.8) is 0 Å². The van der Waals surface area contributed by atoms with Crippen LogP contribution in [0.2, 0.25) is 0 Å². The van der Waals surface area contributed by atoms with E-state index in [1.807, 2.05) is 59.5 Å². The van der Waals surface area contributed by atoms with E-state index >= 15 is 0 Å². The molecule has 3 rings (SSSR count). The van der Waals surface area contributed by atoms with Gasteiger partial charge in [-0.15, -0.1) is 0 Å². The summed E-state index contributed by atoms with van der Waals surface area (Å²) in [5.41, 5.74) is 2.84. The maximum atomic E-state index is 9.35. The van der Waals surface area contributed by atoms with Gasteiger partial charge in [0.1, 0.15) is 0 Å². The maximum absolute atomic E-state index is 9.35. The van der Waals surface area contributed by atoms with Crippen molar-refractivity contribution in [1.82, 2.24) is 0 Å². The fourth-order valence-electron chi connectivity index (χ4n) is 2.31. The van der Waals surface area contributed by atoms with Gasteiger partial charge in [-0.3, -0.25) is 4.90 Å². The molecule has 1 aliphatic rings. The topological polar surface area (TPSA) is 77.3 Å². The molecule has 0 radical (unpaired) electrons. The Morgan fingerprint density at radius 1 is 1.13 bits per heavy atom. The van der Waals surface area contributed by atoms with Crippen LogP contribution in [0.25, 0.3) is 0 Å². The number of oxime groups is 1. The quantitative estimate of drug-likeness (QED) is 0.755. The number of aliphatic hydroxyl groups excluding tert-OH is 2. The Kier molecular flexibility index (Phi) is 4.75. The molecule has 6 nitrogen and oxygen atoms in total. The molecule has 2 aromatic carbocycles. The van der Waals surface area contributed by atoms with Crippen molar-refractivity contribution < 1.29 is 15.1 Å². The molecule has 0 spiro atoms. The van der Waals surface area contributed by atoms with Gasteiger partial charge in [0.2, 0.25) is 0 Å². The average Bonchev–Trinajstić information content (AvgIpc) is 3.10. The van der Waals surface area contributed by atoms with Gasteiger partial charge in [0.05, 0.1) is 12.7 Å². The second-order valence-corrected chi connectivity index (χ2v) is 5.23. The normalized spacial score (nSPS) is 15.0. The summed E-state index contributed by atoms with van der Waals surface area (Å²) in [6.45, 7) is 0.434. The second-order valence-electron chi connectivity index (χ2n) is 5.23. The predicted molar refractivity (Wildman–Crippen MR) is 89.4 cm³/mol. The summed E-state index contributed by atoms with van der Waals surface area (Å²) < 4.78 is 0. The number of nitrogens with one attached hydrogen (secondary N) is 1. The molecule has 0 aliphatic carbocycles. The smallest absolute Gasteiger partial charge is 0.195 e. The molecule has 0 amide bonds. The van der Waals surface area contributed by atoms with Crippen LogP contribution in [0, 0.1) is 0 Å². The Balaban J connectivity index is 1.71. The second kappa shape index (κ2) is 7.13. The highest BCUT2D eigenvalue weighted by atomic mass is 16.7. The highest BCUT2D eigenvalue weighted by Gasteiger charge is 2.21. The summed E-state index contributed by atoms with van der Waals surface area (Å²) in [4.78, 5) is 7.24. The molecule has 1 atom stereocenters. The first-order chi connectivity index (χ1) is 11.3. The van der Waals surface area contributed by atoms with Crippen molar-refractivity contribution in [2.24, 2.45) is 5.16 Å². The van der Waals surface area contributed by atoms with Crippen molar-refractivity contribution >= 4 is 17.2 Å². The standard InChI is InChI=1S/C17H19N3O3/c21-11-16(22)10-18-14-8-6-13(7-9-14)17-19-23-12-20(17)15-4-2-1-3-5-15/h1-9,16,18,21-22H,10-12H2/t16-/m0/s1. The van der Waals surface area contributed by atoms with E-state index in [0.717, 1.165) is 22.8 Å². The molecule has 120 valence electrons. The van der Waals surface area contributed by atoms with E-state index in [-0.39, 0.29) is 6.61 Å². The van der Waals surface area contributed by atoms with Gasteiger partial charge in [-0.2, -0.15) is 0 Å². The van der Waals surface area contributed by atoms with Gasteiger partial charge in [0.15, 0.2) is 12.6 Å². The first-order valence-corrected chi connectivity index (χ1v) is 7.43. The molecular weight excluding hydrogens is 294 g/mol. The third kappa shape index (κ3) is 3.61. The van der Waals surface area contributed by atoms with E-state index in [9.17, 15) is 5.11 Å². The van der Waals surface area contributed by atoms with Crippen LogP contribution in [0.15, 0.2) is 59.8 Å². The molecule has 3 N–H and O–H groups in total. The first-order valence-electron chi connectivity index (χ1n) is 7.43. The minimum atomic E-state index is -0.768. The third-order valence-corrected chi connectivity index (χ3v) is 3.56. The molecule has 6 heteroatoms. The van der Waals surface area contributed by atoms with Gasteiger partial charge in [0, 0.05) is 23.5 Å². The van der Waals surface area contributed by atoms with Crippen molar-refractivity contribution in [2.45, 2.75) is 6.10 Å².